The lowest BCUT2D eigenvalue weighted by molar-refractivity contribution is 0.194. The molecule has 1 saturated heterocycles. The molecule has 2 heterocycles. The number of hydrogen-bond donors (Lipinski definition) is 0. The Morgan fingerprint density at radius 3 is 2.43 bits per heavy atom. The number of aryl methyl sites for hydroxylation is 2. The van der Waals surface area contributed by atoms with Gasteiger partial charge in [-0.1, -0.05) is 12.1 Å². The van der Waals surface area contributed by atoms with E-state index in [-0.39, 0.29) is 5.82 Å². The van der Waals surface area contributed by atoms with E-state index in [9.17, 15) is 4.39 Å². The van der Waals surface area contributed by atoms with Crippen molar-refractivity contribution in [2.75, 3.05) is 31.1 Å². The first-order valence-electron chi connectivity index (χ1n) is 9.46. The van der Waals surface area contributed by atoms with Crippen molar-refractivity contribution in [3.05, 3.63) is 70.5 Å². The van der Waals surface area contributed by atoms with Crippen molar-refractivity contribution >= 4 is 17.9 Å². The normalized spacial score (nSPS) is 15.2. The van der Waals surface area contributed by atoms with Crippen LogP contribution in [0.1, 0.15) is 11.1 Å². The molecule has 1 aliphatic heterocycles. The van der Waals surface area contributed by atoms with Gasteiger partial charge in [-0.2, -0.15) is 5.10 Å². The lowest BCUT2D eigenvalue weighted by Gasteiger charge is -2.35. The number of benzene rings is 2. The van der Waals surface area contributed by atoms with Crippen molar-refractivity contribution in [1.82, 2.24) is 19.2 Å². The van der Waals surface area contributed by atoms with Crippen molar-refractivity contribution < 1.29 is 4.39 Å². The van der Waals surface area contributed by atoms with Gasteiger partial charge >= 0.3 is 0 Å². The molecule has 0 radical (unpaired) electrons. The summed E-state index contributed by atoms with van der Waals surface area (Å²) in [5.74, 6) is -0.198. The third-order valence-corrected chi connectivity index (χ3v) is 5.66. The number of anilines is 1. The Hall–Kier alpha value is -2.51. The zero-order chi connectivity index (χ0) is 19.7. The molecule has 1 aromatic heterocycles. The Labute approximate surface area is 169 Å². The topological polar surface area (TPSA) is 29.2 Å². The molecular weight excluding hydrogens is 373 g/mol. The fraction of sp³-hybridized carbons (Fsp3) is 0.333. The van der Waals surface area contributed by atoms with Crippen LogP contribution in [0, 0.1) is 24.4 Å². The molecule has 146 valence electrons. The van der Waals surface area contributed by atoms with Crippen molar-refractivity contribution in [1.29, 1.82) is 0 Å². The molecule has 1 fully saturated rings. The molecule has 4 rings (SSSR count). The largest absolute Gasteiger partial charge is 0.369 e. The number of rotatable bonds is 4. The van der Waals surface area contributed by atoms with E-state index in [0.29, 0.717) is 11.4 Å². The minimum Gasteiger partial charge on any atom is -0.369 e. The molecule has 0 amide bonds. The molecule has 3 aromatic rings. The highest BCUT2D eigenvalue weighted by Gasteiger charge is 2.18. The molecule has 5 nitrogen and oxygen atoms in total. The molecule has 0 saturated carbocycles. The van der Waals surface area contributed by atoms with Crippen LogP contribution < -0.4 is 4.90 Å². The van der Waals surface area contributed by atoms with Crippen LogP contribution >= 0.6 is 12.2 Å². The zero-order valence-corrected chi connectivity index (χ0v) is 17.0. The summed E-state index contributed by atoms with van der Waals surface area (Å²) >= 11 is 5.68. The van der Waals surface area contributed by atoms with Gasteiger partial charge in [0, 0.05) is 31.9 Å². The molecule has 0 N–H and O–H groups in total. The summed E-state index contributed by atoms with van der Waals surface area (Å²) in [5, 5.41) is 4.52. The Balaban J connectivity index is 1.43. The van der Waals surface area contributed by atoms with Gasteiger partial charge in [-0.3, -0.25) is 9.47 Å². The Morgan fingerprint density at radius 1 is 1.00 bits per heavy atom. The van der Waals surface area contributed by atoms with E-state index in [1.807, 2.05) is 21.4 Å². The number of halogens is 1. The van der Waals surface area contributed by atoms with Crippen molar-refractivity contribution in [2.24, 2.45) is 0 Å². The number of nitrogens with zero attached hydrogens (tertiary/aromatic N) is 5. The molecule has 0 unspecified atom stereocenters. The predicted molar refractivity (Wildman–Crippen MR) is 112 cm³/mol. The number of aromatic nitrogens is 3. The second kappa shape index (κ2) is 7.85. The van der Waals surface area contributed by atoms with Gasteiger partial charge in [0.25, 0.3) is 0 Å². The second-order valence-corrected chi connectivity index (χ2v) is 7.66. The fourth-order valence-electron chi connectivity index (χ4n) is 3.57. The van der Waals surface area contributed by atoms with Gasteiger partial charge in [0.1, 0.15) is 12.1 Å². The Kier molecular flexibility index (Phi) is 5.28. The number of hydrogen-bond acceptors (Lipinski definition) is 4. The predicted octanol–water partition coefficient (Wildman–Crippen LogP) is 3.94. The molecule has 0 aliphatic carbocycles. The first kappa shape index (κ1) is 18.8. The zero-order valence-electron chi connectivity index (χ0n) is 16.2. The van der Waals surface area contributed by atoms with Crippen LogP contribution in [0.25, 0.3) is 5.69 Å². The highest BCUT2D eigenvalue weighted by Crippen LogP contribution is 2.18. The maximum atomic E-state index is 13.1. The van der Waals surface area contributed by atoms with Gasteiger partial charge < -0.3 is 4.90 Å². The Morgan fingerprint density at radius 2 is 1.71 bits per heavy atom. The third-order valence-electron chi connectivity index (χ3n) is 5.26. The van der Waals surface area contributed by atoms with E-state index in [0.717, 1.165) is 37.6 Å². The molecular formula is C21H24FN5S. The van der Waals surface area contributed by atoms with Crippen molar-refractivity contribution in [2.45, 2.75) is 20.5 Å². The maximum absolute atomic E-state index is 13.1. The second-order valence-electron chi connectivity index (χ2n) is 7.30. The van der Waals surface area contributed by atoms with E-state index >= 15 is 0 Å². The quantitative estimate of drug-likeness (QED) is 0.624. The summed E-state index contributed by atoms with van der Waals surface area (Å²) in [6.45, 7) is 8.46. The van der Waals surface area contributed by atoms with E-state index in [1.54, 1.807) is 6.33 Å². The molecule has 1 aliphatic rings. The van der Waals surface area contributed by atoms with Gasteiger partial charge in [-0.25, -0.2) is 9.07 Å². The third kappa shape index (κ3) is 3.86. The van der Waals surface area contributed by atoms with Gasteiger partial charge in [-0.15, -0.1) is 0 Å². The van der Waals surface area contributed by atoms with Gasteiger partial charge in [0.2, 0.25) is 4.77 Å². The molecule has 0 atom stereocenters. The van der Waals surface area contributed by atoms with Crippen LogP contribution in [0.5, 0.6) is 0 Å². The minimum atomic E-state index is -0.198. The van der Waals surface area contributed by atoms with Crippen LogP contribution in [0.2, 0.25) is 0 Å². The SMILES string of the molecule is Cc1ccc(C)c(-n2cnn(CN3CCN(c4ccc(F)cc4)CC3)c2=S)c1. The summed E-state index contributed by atoms with van der Waals surface area (Å²) in [7, 11) is 0. The van der Waals surface area contributed by atoms with Gasteiger partial charge in [-0.05, 0) is 67.5 Å². The highest BCUT2D eigenvalue weighted by atomic mass is 32.1. The number of piperazine rings is 1. The van der Waals surface area contributed by atoms with Crippen LogP contribution in [0.4, 0.5) is 10.1 Å². The maximum Gasteiger partial charge on any atom is 0.203 e. The Bertz CT molecular complexity index is 1020. The van der Waals surface area contributed by atoms with Crippen LogP contribution in [0.15, 0.2) is 48.8 Å². The fourth-order valence-corrected chi connectivity index (χ4v) is 3.82. The highest BCUT2D eigenvalue weighted by molar-refractivity contribution is 7.71. The first-order valence-corrected chi connectivity index (χ1v) is 9.87. The summed E-state index contributed by atoms with van der Waals surface area (Å²) < 4.78 is 17.7. The van der Waals surface area contributed by atoms with Gasteiger partial charge in [0.15, 0.2) is 0 Å². The van der Waals surface area contributed by atoms with Gasteiger partial charge in [0.05, 0.1) is 12.4 Å². The lowest BCUT2D eigenvalue weighted by atomic mass is 10.1. The van der Waals surface area contributed by atoms with E-state index in [4.69, 9.17) is 12.2 Å². The summed E-state index contributed by atoms with van der Waals surface area (Å²) in [4.78, 5) is 4.63. The molecule has 0 spiro atoms. The molecule has 28 heavy (non-hydrogen) atoms. The van der Waals surface area contributed by atoms with E-state index in [2.05, 4.69) is 46.9 Å². The van der Waals surface area contributed by atoms with Crippen LogP contribution in [-0.2, 0) is 6.67 Å². The summed E-state index contributed by atoms with van der Waals surface area (Å²) in [5.41, 5.74) is 4.52. The average molecular weight is 398 g/mol. The standard InChI is InChI=1S/C21H24FN5S/c1-16-3-4-17(2)20(13-16)26-14-23-27(21(26)28)15-24-9-11-25(12-10-24)19-7-5-18(22)6-8-19/h3-8,13-14H,9-12,15H2,1-2H3. The summed E-state index contributed by atoms with van der Waals surface area (Å²) in [6.07, 6.45) is 1.80. The van der Waals surface area contributed by atoms with E-state index < -0.39 is 0 Å². The smallest absolute Gasteiger partial charge is 0.203 e. The monoisotopic (exact) mass is 397 g/mol. The first-order chi connectivity index (χ1) is 13.5. The van der Waals surface area contributed by atoms with Crippen LogP contribution in [-0.4, -0.2) is 45.4 Å². The summed E-state index contributed by atoms with van der Waals surface area (Å²) in [6, 6.07) is 13.1. The van der Waals surface area contributed by atoms with Crippen molar-refractivity contribution in [3.8, 4) is 5.69 Å². The molecule has 0 bridgehead atoms. The average Bonchev–Trinajstić information content (AvgIpc) is 3.05. The van der Waals surface area contributed by atoms with Crippen molar-refractivity contribution in [3.63, 3.8) is 0 Å². The molecule has 7 heteroatoms. The van der Waals surface area contributed by atoms with E-state index in [1.165, 1.54) is 23.3 Å². The minimum absolute atomic E-state index is 0.198. The van der Waals surface area contributed by atoms with Crippen LogP contribution in [0.3, 0.4) is 0 Å². The lowest BCUT2D eigenvalue weighted by Crippen LogP contribution is -2.47. The molecule has 2 aromatic carbocycles.